The van der Waals surface area contributed by atoms with E-state index in [1.165, 1.54) is 16.8 Å². The summed E-state index contributed by atoms with van der Waals surface area (Å²) in [6.07, 6.45) is 2.15. The largest absolute Gasteiger partial charge is 0.348 e. The van der Waals surface area contributed by atoms with Crippen LogP contribution in [-0.2, 0) is 6.54 Å². The number of hydrogen-bond acceptors (Lipinski definition) is 1. The lowest BCUT2D eigenvalue weighted by molar-refractivity contribution is 0.293. The average Bonchev–Trinajstić information content (AvgIpc) is 3.11. The summed E-state index contributed by atoms with van der Waals surface area (Å²) >= 11 is 5.77. The number of rotatable bonds is 2. The molecule has 25 heavy (non-hydrogen) atoms. The fraction of sp³-hybridized carbons (Fsp3) is 0.190. The van der Waals surface area contributed by atoms with Gasteiger partial charge in [-0.25, -0.2) is 0 Å². The molecule has 1 aliphatic rings. The molecule has 126 valence electrons. The van der Waals surface area contributed by atoms with Gasteiger partial charge in [-0.15, -0.1) is 0 Å². The third-order valence-corrected chi connectivity index (χ3v) is 5.05. The van der Waals surface area contributed by atoms with Gasteiger partial charge in [-0.3, -0.25) is 0 Å². The molecule has 1 N–H and O–H groups in total. The topological polar surface area (TPSA) is 20.2 Å². The summed E-state index contributed by atoms with van der Waals surface area (Å²) in [6.45, 7) is 3.95. The Labute approximate surface area is 153 Å². The Morgan fingerprint density at radius 1 is 0.960 bits per heavy atom. The summed E-state index contributed by atoms with van der Waals surface area (Å²) in [5.74, 6) is 0. The first-order valence-corrected chi connectivity index (χ1v) is 8.97. The maximum Gasteiger partial charge on any atom is 0.174 e. The Kier molecular flexibility index (Phi) is 4.28. The number of thiocarbonyl (C=S) groups is 1. The summed E-state index contributed by atoms with van der Waals surface area (Å²) < 4.78 is 2.33. The minimum Gasteiger partial charge on any atom is -0.348 e. The number of nitrogens with zero attached hydrogens (tertiary/aromatic N) is 2. The van der Waals surface area contributed by atoms with E-state index in [1.807, 2.05) is 30.3 Å². The van der Waals surface area contributed by atoms with Crippen LogP contribution in [0.25, 0.3) is 0 Å². The van der Waals surface area contributed by atoms with E-state index >= 15 is 0 Å². The zero-order valence-corrected chi connectivity index (χ0v) is 15.0. The minimum atomic E-state index is 0.132. The van der Waals surface area contributed by atoms with Gasteiger partial charge < -0.3 is 14.8 Å². The predicted octanol–water partition coefficient (Wildman–Crippen LogP) is 4.60. The highest BCUT2D eigenvalue weighted by Gasteiger charge is 2.30. The first kappa shape index (κ1) is 15.9. The van der Waals surface area contributed by atoms with Crippen LogP contribution in [0, 0.1) is 6.92 Å². The summed E-state index contributed by atoms with van der Waals surface area (Å²) in [4.78, 5) is 2.29. The number of aryl methyl sites for hydroxylation is 1. The second-order valence-electron chi connectivity index (χ2n) is 6.43. The summed E-state index contributed by atoms with van der Waals surface area (Å²) in [7, 11) is 0. The van der Waals surface area contributed by atoms with Crippen LogP contribution >= 0.6 is 12.2 Å². The van der Waals surface area contributed by atoms with E-state index in [9.17, 15) is 0 Å². The van der Waals surface area contributed by atoms with Crippen LogP contribution in [0.3, 0.4) is 0 Å². The number of aromatic nitrogens is 1. The van der Waals surface area contributed by atoms with Gasteiger partial charge >= 0.3 is 0 Å². The van der Waals surface area contributed by atoms with E-state index in [2.05, 4.69) is 64.3 Å². The molecular weight excluding hydrogens is 326 g/mol. The van der Waals surface area contributed by atoms with Crippen molar-refractivity contribution >= 4 is 23.0 Å². The number of anilines is 1. The molecular formula is C21H21N3S. The van der Waals surface area contributed by atoms with Crippen LogP contribution in [-0.4, -0.2) is 21.1 Å². The van der Waals surface area contributed by atoms with Gasteiger partial charge in [-0.05, 0) is 49.0 Å². The molecule has 0 fully saturated rings. The van der Waals surface area contributed by atoms with Crippen LogP contribution in [0.5, 0.6) is 0 Å². The normalized spacial score (nSPS) is 16.4. The van der Waals surface area contributed by atoms with Crippen molar-refractivity contribution in [1.29, 1.82) is 0 Å². The average molecular weight is 347 g/mol. The molecule has 1 aromatic heterocycles. The first-order chi connectivity index (χ1) is 12.2. The SMILES string of the molecule is Cc1ccc([C@H]2c3cccn3CCN2C(=S)Nc2ccccc2)cc1. The summed E-state index contributed by atoms with van der Waals surface area (Å²) in [6, 6.07) is 23.3. The van der Waals surface area contributed by atoms with Crippen LogP contribution in [0.1, 0.15) is 22.9 Å². The van der Waals surface area contributed by atoms with E-state index in [0.29, 0.717) is 0 Å². The Morgan fingerprint density at radius 3 is 2.48 bits per heavy atom. The molecule has 0 saturated carbocycles. The third-order valence-electron chi connectivity index (χ3n) is 4.72. The van der Waals surface area contributed by atoms with Gasteiger partial charge in [-0.2, -0.15) is 0 Å². The Bertz CT molecular complexity index is 868. The van der Waals surface area contributed by atoms with Crippen LogP contribution < -0.4 is 5.32 Å². The van der Waals surface area contributed by atoms with Gasteiger partial charge in [0.15, 0.2) is 5.11 Å². The first-order valence-electron chi connectivity index (χ1n) is 8.56. The molecule has 0 spiro atoms. The molecule has 4 rings (SSSR count). The second kappa shape index (κ2) is 6.73. The van der Waals surface area contributed by atoms with Crippen molar-refractivity contribution in [1.82, 2.24) is 9.47 Å². The van der Waals surface area contributed by atoms with E-state index < -0.39 is 0 Å². The molecule has 0 bridgehead atoms. The predicted molar refractivity (Wildman–Crippen MR) is 107 cm³/mol. The lowest BCUT2D eigenvalue weighted by Crippen LogP contribution is -2.44. The van der Waals surface area contributed by atoms with Gasteiger partial charge in [-0.1, -0.05) is 48.0 Å². The fourth-order valence-corrected chi connectivity index (χ4v) is 3.73. The van der Waals surface area contributed by atoms with E-state index in [4.69, 9.17) is 12.2 Å². The molecule has 2 heterocycles. The number of para-hydroxylation sites is 1. The number of fused-ring (bicyclic) bond motifs is 1. The summed E-state index contributed by atoms with van der Waals surface area (Å²) in [5, 5.41) is 4.16. The van der Waals surface area contributed by atoms with Crippen molar-refractivity contribution in [2.45, 2.75) is 19.5 Å². The van der Waals surface area contributed by atoms with E-state index in [1.54, 1.807) is 0 Å². The quantitative estimate of drug-likeness (QED) is 0.684. The monoisotopic (exact) mass is 347 g/mol. The van der Waals surface area contributed by atoms with Crippen molar-refractivity contribution < 1.29 is 0 Å². The number of benzene rings is 2. The molecule has 0 saturated heterocycles. The standard InChI is InChI=1S/C21H21N3S/c1-16-9-11-17(12-10-16)20-19-8-5-13-23(19)14-15-24(20)21(25)22-18-6-3-2-4-7-18/h2-13,20H,14-15H2,1H3,(H,22,25)/t20-/m0/s1. The maximum absolute atomic E-state index is 5.77. The van der Waals surface area contributed by atoms with Gasteiger partial charge in [0.2, 0.25) is 0 Å². The number of nitrogens with one attached hydrogen (secondary N) is 1. The zero-order chi connectivity index (χ0) is 17.2. The Morgan fingerprint density at radius 2 is 1.72 bits per heavy atom. The zero-order valence-electron chi connectivity index (χ0n) is 14.2. The van der Waals surface area contributed by atoms with E-state index in [-0.39, 0.29) is 6.04 Å². The maximum atomic E-state index is 5.77. The van der Waals surface area contributed by atoms with Crippen molar-refractivity contribution in [3.8, 4) is 0 Å². The molecule has 0 aliphatic carbocycles. The molecule has 4 heteroatoms. The van der Waals surface area contributed by atoms with E-state index in [0.717, 1.165) is 23.9 Å². The van der Waals surface area contributed by atoms with Crippen molar-refractivity contribution in [2.24, 2.45) is 0 Å². The highest BCUT2D eigenvalue weighted by atomic mass is 32.1. The van der Waals surface area contributed by atoms with Crippen LogP contribution in [0.15, 0.2) is 72.9 Å². The lowest BCUT2D eigenvalue weighted by atomic mass is 9.99. The molecule has 3 aromatic rings. The second-order valence-corrected chi connectivity index (χ2v) is 6.82. The highest BCUT2D eigenvalue weighted by molar-refractivity contribution is 7.80. The Hall–Kier alpha value is -2.59. The highest BCUT2D eigenvalue weighted by Crippen LogP contribution is 2.33. The lowest BCUT2D eigenvalue weighted by Gasteiger charge is -2.39. The van der Waals surface area contributed by atoms with Gasteiger partial charge in [0, 0.05) is 30.7 Å². The van der Waals surface area contributed by atoms with Crippen molar-refractivity contribution in [3.63, 3.8) is 0 Å². The molecule has 1 aliphatic heterocycles. The molecule has 1 atom stereocenters. The van der Waals surface area contributed by atoms with Crippen LogP contribution in [0.2, 0.25) is 0 Å². The molecule has 0 radical (unpaired) electrons. The number of hydrogen-bond donors (Lipinski definition) is 1. The molecule has 3 nitrogen and oxygen atoms in total. The smallest absolute Gasteiger partial charge is 0.174 e. The molecule has 0 amide bonds. The fourth-order valence-electron chi connectivity index (χ4n) is 3.42. The van der Waals surface area contributed by atoms with Crippen molar-refractivity contribution in [3.05, 3.63) is 89.7 Å². The van der Waals surface area contributed by atoms with Crippen LogP contribution in [0.4, 0.5) is 5.69 Å². The van der Waals surface area contributed by atoms with Crippen molar-refractivity contribution in [2.75, 3.05) is 11.9 Å². The minimum absolute atomic E-state index is 0.132. The molecule has 0 unspecified atom stereocenters. The van der Waals surface area contributed by atoms with Gasteiger partial charge in [0.1, 0.15) is 0 Å². The Balaban J connectivity index is 1.68. The van der Waals surface area contributed by atoms with Gasteiger partial charge in [0.25, 0.3) is 0 Å². The van der Waals surface area contributed by atoms with Gasteiger partial charge in [0.05, 0.1) is 6.04 Å². The summed E-state index contributed by atoms with van der Waals surface area (Å²) in [5.41, 5.74) is 4.84. The molecule has 2 aromatic carbocycles. The third kappa shape index (κ3) is 3.17.